The Morgan fingerprint density at radius 2 is 1.54 bits per heavy atom. The van der Waals surface area contributed by atoms with E-state index in [1.807, 2.05) is 17.0 Å². The number of hydrogen-bond donors (Lipinski definition) is 1. The van der Waals surface area contributed by atoms with E-state index in [-0.39, 0.29) is 5.91 Å². The maximum Gasteiger partial charge on any atom is 0.232 e. The quantitative estimate of drug-likeness (QED) is 0.841. The maximum atomic E-state index is 13.0. The van der Waals surface area contributed by atoms with Crippen LogP contribution < -0.4 is 10.2 Å². The Morgan fingerprint density at radius 3 is 2.08 bits per heavy atom. The van der Waals surface area contributed by atoms with Crippen molar-refractivity contribution in [3.05, 3.63) is 59.7 Å². The summed E-state index contributed by atoms with van der Waals surface area (Å²) in [6, 6.07) is 16.6. The van der Waals surface area contributed by atoms with Crippen LogP contribution in [0.15, 0.2) is 48.5 Å². The van der Waals surface area contributed by atoms with Crippen molar-refractivity contribution in [3.8, 4) is 0 Å². The Bertz CT molecular complexity index is 661. The van der Waals surface area contributed by atoms with E-state index in [4.69, 9.17) is 0 Å². The van der Waals surface area contributed by atoms with Gasteiger partial charge in [0.2, 0.25) is 5.91 Å². The Labute approximate surface area is 144 Å². The SMILES string of the molecule is CC(C)CNCCC(=O)N1c2ccccc2CCc2ccccc21. The van der Waals surface area contributed by atoms with Crippen molar-refractivity contribution in [1.82, 2.24) is 5.32 Å². The van der Waals surface area contributed by atoms with Gasteiger partial charge >= 0.3 is 0 Å². The summed E-state index contributed by atoms with van der Waals surface area (Å²) in [5, 5.41) is 3.37. The summed E-state index contributed by atoms with van der Waals surface area (Å²) in [5.41, 5.74) is 4.57. The summed E-state index contributed by atoms with van der Waals surface area (Å²) in [7, 11) is 0. The molecule has 2 aromatic carbocycles. The molecule has 0 atom stereocenters. The van der Waals surface area contributed by atoms with Crippen LogP contribution in [0.3, 0.4) is 0 Å². The van der Waals surface area contributed by atoms with E-state index in [0.29, 0.717) is 12.3 Å². The zero-order chi connectivity index (χ0) is 16.9. The van der Waals surface area contributed by atoms with Gasteiger partial charge in [0, 0.05) is 13.0 Å². The molecule has 1 heterocycles. The van der Waals surface area contributed by atoms with Gasteiger partial charge in [-0.3, -0.25) is 9.69 Å². The van der Waals surface area contributed by atoms with Gasteiger partial charge in [-0.15, -0.1) is 0 Å². The molecule has 0 saturated heterocycles. The van der Waals surface area contributed by atoms with Crippen LogP contribution in [-0.4, -0.2) is 19.0 Å². The van der Waals surface area contributed by atoms with Crippen LogP contribution >= 0.6 is 0 Å². The van der Waals surface area contributed by atoms with Gasteiger partial charge in [-0.05, 0) is 48.6 Å². The molecule has 126 valence electrons. The highest BCUT2D eigenvalue weighted by molar-refractivity contribution is 6.02. The molecule has 0 fully saturated rings. The smallest absolute Gasteiger partial charge is 0.232 e. The van der Waals surface area contributed by atoms with Gasteiger partial charge < -0.3 is 5.32 Å². The van der Waals surface area contributed by atoms with E-state index in [0.717, 1.165) is 37.3 Å². The normalized spacial score (nSPS) is 13.4. The molecule has 1 amide bonds. The lowest BCUT2D eigenvalue weighted by Crippen LogP contribution is -2.31. The first-order chi connectivity index (χ1) is 11.7. The number of nitrogens with one attached hydrogen (secondary N) is 1. The number of benzene rings is 2. The molecule has 1 N–H and O–H groups in total. The molecule has 0 aromatic heterocycles. The third kappa shape index (κ3) is 3.68. The molecule has 1 aliphatic rings. The number of rotatable bonds is 5. The molecule has 0 bridgehead atoms. The monoisotopic (exact) mass is 322 g/mol. The van der Waals surface area contributed by atoms with Crippen LogP contribution in [0.25, 0.3) is 0 Å². The molecule has 24 heavy (non-hydrogen) atoms. The van der Waals surface area contributed by atoms with Gasteiger partial charge in [-0.2, -0.15) is 0 Å². The first kappa shape index (κ1) is 16.7. The first-order valence-electron chi connectivity index (χ1n) is 8.86. The van der Waals surface area contributed by atoms with Crippen LogP contribution in [0.4, 0.5) is 11.4 Å². The van der Waals surface area contributed by atoms with Gasteiger partial charge in [-0.25, -0.2) is 0 Å². The molecule has 0 radical (unpaired) electrons. The van der Waals surface area contributed by atoms with E-state index in [2.05, 4.69) is 55.6 Å². The Morgan fingerprint density at radius 1 is 1.00 bits per heavy atom. The van der Waals surface area contributed by atoms with Crippen molar-refractivity contribution in [2.45, 2.75) is 33.1 Å². The highest BCUT2D eigenvalue weighted by atomic mass is 16.2. The van der Waals surface area contributed by atoms with Crippen LogP contribution in [0.1, 0.15) is 31.4 Å². The molecular formula is C21H26N2O. The number of hydrogen-bond acceptors (Lipinski definition) is 2. The largest absolute Gasteiger partial charge is 0.316 e. The lowest BCUT2D eigenvalue weighted by atomic mass is 10.0. The lowest BCUT2D eigenvalue weighted by molar-refractivity contribution is -0.117. The number of fused-ring (bicyclic) bond motifs is 2. The van der Waals surface area contributed by atoms with Gasteiger partial charge in [0.15, 0.2) is 0 Å². The molecule has 3 rings (SSSR count). The molecule has 0 saturated carbocycles. The van der Waals surface area contributed by atoms with Crippen molar-refractivity contribution in [2.75, 3.05) is 18.0 Å². The van der Waals surface area contributed by atoms with Crippen molar-refractivity contribution in [3.63, 3.8) is 0 Å². The fourth-order valence-corrected chi connectivity index (χ4v) is 3.25. The van der Waals surface area contributed by atoms with E-state index >= 15 is 0 Å². The maximum absolute atomic E-state index is 13.0. The topological polar surface area (TPSA) is 32.3 Å². The molecule has 1 aliphatic heterocycles. The molecule has 0 aliphatic carbocycles. The standard InChI is InChI=1S/C21H26N2O/c1-16(2)15-22-14-13-21(24)23-19-9-5-3-7-17(19)11-12-18-8-4-6-10-20(18)23/h3-10,16,22H,11-15H2,1-2H3. The second-order valence-corrected chi connectivity index (χ2v) is 6.83. The summed E-state index contributed by atoms with van der Waals surface area (Å²) in [6.45, 7) is 6.02. The number of carbonyl (C=O) groups excluding carboxylic acids is 1. The minimum atomic E-state index is 0.160. The number of para-hydroxylation sites is 2. The molecule has 3 nitrogen and oxygen atoms in total. The highest BCUT2D eigenvalue weighted by Gasteiger charge is 2.24. The summed E-state index contributed by atoms with van der Waals surface area (Å²) >= 11 is 0. The van der Waals surface area contributed by atoms with Crippen LogP contribution in [-0.2, 0) is 17.6 Å². The minimum Gasteiger partial charge on any atom is -0.316 e. The predicted molar refractivity (Wildman–Crippen MR) is 99.8 cm³/mol. The number of aryl methyl sites for hydroxylation is 2. The fourth-order valence-electron chi connectivity index (χ4n) is 3.25. The Kier molecular flexibility index (Phi) is 5.31. The van der Waals surface area contributed by atoms with Crippen molar-refractivity contribution in [2.24, 2.45) is 5.92 Å². The second kappa shape index (κ2) is 7.63. The summed E-state index contributed by atoms with van der Waals surface area (Å²) < 4.78 is 0. The van der Waals surface area contributed by atoms with Gasteiger partial charge in [-0.1, -0.05) is 50.2 Å². The highest BCUT2D eigenvalue weighted by Crippen LogP contribution is 2.36. The summed E-state index contributed by atoms with van der Waals surface area (Å²) in [4.78, 5) is 14.9. The van der Waals surface area contributed by atoms with Crippen LogP contribution in [0.5, 0.6) is 0 Å². The Balaban J connectivity index is 1.86. The first-order valence-corrected chi connectivity index (χ1v) is 8.86. The average molecular weight is 322 g/mol. The van der Waals surface area contributed by atoms with Crippen LogP contribution in [0, 0.1) is 5.92 Å². The van der Waals surface area contributed by atoms with Gasteiger partial charge in [0.25, 0.3) is 0 Å². The number of nitrogens with zero attached hydrogens (tertiary/aromatic N) is 1. The van der Waals surface area contributed by atoms with Crippen molar-refractivity contribution < 1.29 is 4.79 Å². The van der Waals surface area contributed by atoms with Crippen molar-refractivity contribution in [1.29, 1.82) is 0 Å². The Hall–Kier alpha value is -2.13. The predicted octanol–water partition coefficient (Wildman–Crippen LogP) is 4.09. The zero-order valence-corrected chi connectivity index (χ0v) is 14.6. The van der Waals surface area contributed by atoms with E-state index in [9.17, 15) is 4.79 Å². The zero-order valence-electron chi connectivity index (χ0n) is 14.6. The van der Waals surface area contributed by atoms with Gasteiger partial charge in [0.1, 0.15) is 0 Å². The second-order valence-electron chi connectivity index (χ2n) is 6.83. The summed E-state index contributed by atoms with van der Waals surface area (Å²) in [6.07, 6.45) is 2.46. The number of anilines is 2. The van der Waals surface area contributed by atoms with Gasteiger partial charge in [0.05, 0.1) is 11.4 Å². The third-order valence-corrected chi connectivity index (χ3v) is 4.45. The van der Waals surface area contributed by atoms with Crippen LogP contribution in [0.2, 0.25) is 0 Å². The molecular weight excluding hydrogens is 296 g/mol. The minimum absolute atomic E-state index is 0.160. The molecule has 0 spiro atoms. The molecule has 2 aromatic rings. The number of carbonyl (C=O) groups is 1. The lowest BCUT2D eigenvalue weighted by Gasteiger charge is -2.25. The third-order valence-electron chi connectivity index (χ3n) is 4.45. The molecule has 3 heteroatoms. The average Bonchev–Trinajstić information content (AvgIpc) is 2.75. The van der Waals surface area contributed by atoms with E-state index in [1.165, 1.54) is 11.1 Å². The fraction of sp³-hybridized carbons (Fsp3) is 0.381. The summed E-state index contributed by atoms with van der Waals surface area (Å²) in [5.74, 6) is 0.757. The van der Waals surface area contributed by atoms with E-state index < -0.39 is 0 Å². The molecule has 0 unspecified atom stereocenters. The van der Waals surface area contributed by atoms with Crippen molar-refractivity contribution >= 4 is 17.3 Å². The number of amides is 1. The van der Waals surface area contributed by atoms with E-state index in [1.54, 1.807) is 0 Å².